The molecule has 0 saturated heterocycles. The molecule has 0 N–H and O–H groups in total. The highest BCUT2D eigenvalue weighted by Gasteiger charge is 2.12. The lowest BCUT2D eigenvalue weighted by atomic mass is 10.1. The summed E-state index contributed by atoms with van der Waals surface area (Å²) in [6.45, 7) is 2.01. The van der Waals surface area contributed by atoms with Gasteiger partial charge in [-0.15, -0.1) is 0 Å². The highest BCUT2D eigenvalue weighted by molar-refractivity contribution is 9.08. The van der Waals surface area contributed by atoms with Crippen LogP contribution in [0.3, 0.4) is 0 Å². The van der Waals surface area contributed by atoms with E-state index < -0.39 is 4.92 Å². The molecule has 2 aromatic rings. The minimum atomic E-state index is -0.423. The topological polar surface area (TPSA) is 52.4 Å². The molecule has 0 unspecified atom stereocenters. The van der Waals surface area contributed by atoms with Gasteiger partial charge in [0.1, 0.15) is 11.5 Å². The van der Waals surface area contributed by atoms with Gasteiger partial charge in [0.15, 0.2) is 0 Å². The Balaban J connectivity index is 2.33. The Labute approximate surface area is 136 Å². The molecule has 0 aromatic heterocycles. The van der Waals surface area contributed by atoms with Crippen molar-refractivity contribution in [1.29, 1.82) is 0 Å². The van der Waals surface area contributed by atoms with Crippen LogP contribution in [0.5, 0.6) is 11.5 Å². The summed E-state index contributed by atoms with van der Waals surface area (Å²) in [5.41, 5.74) is 1.76. The van der Waals surface area contributed by atoms with Crippen molar-refractivity contribution in [2.24, 2.45) is 0 Å². The first kappa shape index (κ1) is 15.8. The smallest absolute Gasteiger partial charge is 0.270 e. The highest BCUT2D eigenvalue weighted by Crippen LogP contribution is 2.32. The summed E-state index contributed by atoms with van der Waals surface area (Å²) in [7, 11) is 0. The van der Waals surface area contributed by atoms with Crippen molar-refractivity contribution < 1.29 is 9.66 Å². The highest BCUT2D eigenvalue weighted by atomic mass is 79.9. The Kier molecular flexibility index (Phi) is 5.20. The third-order valence-corrected chi connectivity index (χ3v) is 4.00. The summed E-state index contributed by atoms with van der Waals surface area (Å²) in [5, 5.41) is 12.0. The van der Waals surface area contributed by atoms with Crippen LogP contribution in [0.4, 0.5) is 5.69 Å². The van der Waals surface area contributed by atoms with Crippen molar-refractivity contribution in [3.63, 3.8) is 0 Å². The van der Waals surface area contributed by atoms with Crippen molar-refractivity contribution in [3.05, 3.63) is 62.7 Å². The van der Waals surface area contributed by atoms with Crippen molar-refractivity contribution in [2.45, 2.75) is 18.7 Å². The number of aryl methyl sites for hydroxylation is 1. The van der Waals surface area contributed by atoms with E-state index in [1.54, 1.807) is 18.2 Å². The molecule has 4 nitrogen and oxygen atoms in total. The zero-order valence-corrected chi connectivity index (χ0v) is 13.6. The van der Waals surface area contributed by atoms with Crippen molar-refractivity contribution >= 4 is 33.2 Å². The maximum Gasteiger partial charge on any atom is 0.270 e. The zero-order valence-electron chi connectivity index (χ0n) is 11.3. The lowest BCUT2D eigenvalue weighted by Crippen LogP contribution is -1.94. The predicted octanol–water partition coefficient (Wildman–Crippen LogP) is 5.50. The van der Waals surface area contributed by atoms with E-state index in [0.29, 0.717) is 21.9 Å². The number of alkyl halides is 1. The van der Waals surface area contributed by atoms with Crippen LogP contribution < -0.4 is 4.74 Å². The van der Waals surface area contributed by atoms with E-state index in [9.17, 15) is 10.1 Å². The van der Waals surface area contributed by atoms with E-state index in [0.717, 1.165) is 17.5 Å². The summed E-state index contributed by atoms with van der Waals surface area (Å²) < 4.78 is 5.82. The average molecular weight is 371 g/mol. The first-order valence-corrected chi connectivity index (χ1v) is 7.84. The Bertz CT molecular complexity index is 676. The number of nitro groups is 1. The maximum absolute atomic E-state index is 10.8. The Hall–Kier alpha value is -1.59. The number of benzene rings is 2. The molecule has 0 fully saturated rings. The van der Waals surface area contributed by atoms with Gasteiger partial charge in [0.05, 0.1) is 4.92 Å². The molecule has 0 amide bonds. The molecule has 0 radical (unpaired) electrons. The maximum atomic E-state index is 10.8. The Morgan fingerprint density at radius 1 is 1.24 bits per heavy atom. The van der Waals surface area contributed by atoms with E-state index in [4.69, 9.17) is 16.3 Å². The number of hydrogen-bond donors (Lipinski definition) is 0. The van der Waals surface area contributed by atoms with Crippen molar-refractivity contribution in [1.82, 2.24) is 0 Å². The van der Waals surface area contributed by atoms with Gasteiger partial charge in [-0.3, -0.25) is 10.1 Å². The second-order valence-corrected chi connectivity index (χ2v) is 5.36. The second-order valence-electron chi connectivity index (χ2n) is 4.39. The lowest BCUT2D eigenvalue weighted by molar-refractivity contribution is -0.384. The fourth-order valence-corrected chi connectivity index (χ4v) is 2.59. The van der Waals surface area contributed by atoms with Gasteiger partial charge in [0, 0.05) is 28.0 Å². The Morgan fingerprint density at radius 3 is 2.62 bits per heavy atom. The largest absolute Gasteiger partial charge is 0.457 e. The molecule has 0 aliphatic rings. The number of ether oxygens (including phenoxy) is 1. The molecule has 21 heavy (non-hydrogen) atoms. The monoisotopic (exact) mass is 369 g/mol. The van der Waals surface area contributed by atoms with Crippen LogP contribution in [0.2, 0.25) is 5.02 Å². The van der Waals surface area contributed by atoms with Crippen LogP contribution >= 0.6 is 27.5 Å². The first-order chi connectivity index (χ1) is 10.0. The van der Waals surface area contributed by atoms with Crippen LogP contribution in [0.25, 0.3) is 0 Å². The average Bonchev–Trinajstić information content (AvgIpc) is 2.49. The third kappa shape index (κ3) is 3.74. The van der Waals surface area contributed by atoms with Crippen molar-refractivity contribution in [3.8, 4) is 11.5 Å². The summed E-state index contributed by atoms with van der Waals surface area (Å²) in [4.78, 5) is 10.4. The summed E-state index contributed by atoms with van der Waals surface area (Å²) in [6, 6.07) is 9.98. The lowest BCUT2D eigenvalue weighted by Gasteiger charge is -2.11. The summed E-state index contributed by atoms with van der Waals surface area (Å²) in [6.07, 6.45) is 0.807. The van der Waals surface area contributed by atoms with Gasteiger partial charge >= 0.3 is 0 Å². The second kappa shape index (κ2) is 6.91. The van der Waals surface area contributed by atoms with E-state index in [1.807, 2.05) is 13.0 Å². The number of hydrogen-bond acceptors (Lipinski definition) is 3. The standard InChI is InChI=1S/C15H13BrClNO3/c1-2-10-8-13(4-5-14(10)17)21-15-6-3-12(18(19)20)7-11(15)9-16/h3-8H,2,9H2,1H3. The fraction of sp³-hybridized carbons (Fsp3) is 0.200. The molecule has 0 spiro atoms. The molecule has 0 atom stereocenters. The van der Waals surface area contributed by atoms with Gasteiger partial charge < -0.3 is 4.74 Å². The van der Waals surface area contributed by atoms with Gasteiger partial charge in [0.2, 0.25) is 0 Å². The normalized spacial score (nSPS) is 10.4. The van der Waals surface area contributed by atoms with Gasteiger partial charge in [-0.05, 0) is 36.2 Å². The van der Waals surface area contributed by atoms with E-state index in [1.165, 1.54) is 12.1 Å². The summed E-state index contributed by atoms with van der Waals surface area (Å²) in [5.74, 6) is 1.24. The molecule has 0 bridgehead atoms. The quantitative estimate of drug-likeness (QED) is 0.397. The van der Waals surface area contributed by atoms with Gasteiger partial charge in [-0.1, -0.05) is 34.5 Å². The number of non-ortho nitro benzene ring substituents is 1. The van der Waals surface area contributed by atoms with E-state index in [-0.39, 0.29) is 5.69 Å². The van der Waals surface area contributed by atoms with Crippen molar-refractivity contribution in [2.75, 3.05) is 0 Å². The van der Waals surface area contributed by atoms with Crippen LogP contribution in [-0.2, 0) is 11.8 Å². The number of nitro benzene ring substituents is 1. The van der Waals surface area contributed by atoms with Gasteiger partial charge in [0.25, 0.3) is 5.69 Å². The molecule has 0 saturated carbocycles. The minimum absolute atomic E-state index is 0.0437. The SMILES string of the molecule is CCc1cc(Oc2ccc([N+](=O)[O-])cc2CBr)ccc1Cl. The molecule has 0 aliphatic carbocycles. The van der Waals surface area contributed by atoms with Crippen LogP contribution in [0, 0.1) is 10.1 Å². The molecular formula is C15H13BrClNO3. The molecule has 0 heterocycles. The zero-order chi connectivity index (χ0) is 15.4. The Morgan fingerprint density at radius 2 is 2.00 bits per heavy atom. The minimum Gasteiger partial charge on any atom is -0.457 e. The van der Waals surface area contributed by atoms with Crippen LogP contribution in [-0.4, -0.2) is 4.92 Å². The van der Waals surface area contributed by atoms with Crippen LogP contribution in [0.1, 0.15) is 18.1 Å². The number of rotatable bonds is 5. The first-order valence-electron chi connectivity index (χ1n) is 6.34. The predicted molar refractivity (Wildman–Crippen MR) is 86.6 cm³/mol. The van der Waals surface area contributed by atoms with Crippen LogP contribution in [0.15, 0.2) is 36.4 Å². The molecule has 2 aromatic carbocycles. The van der Waals surface area contributed by atoms with E-state index in [2.05, 4.69) is 15.9 Å². The van der Waals surface area contributed by atoms with E-state index >= 15 is 0 Å². The molecule has 2 rings (SSSR count). The molecular weight excluding hydrogens is 358 g/mol. The summed E-state index contributed by atoms with van der Waals surface area (Å²) >= 11 is 9.40. The molecule has 0 aliphatic heterocycles. The molecule has 110 valence electrons. The van der Waals surface area contributed by atoms with Gasteiger partial charge in [-0.2, -0.15) is 0 Å². The number of halogens is 2. The molecule has 6 heteroatoms. The fourth-order valence-electron chi connectivity index (χ4n) is 1.90. The number of nitrogens with zero attached hydrogens (tertiary/aromatic N) is 1. The van der Waals surface area contributed by atoms with Gasteiger partial charge in [-0.25, -0.2) is 0 Å². The third-order valence-electron chi connectivity index (χ3n) is 3.02.